The summed E-state index contributed by atoms with van der Waals surface area (Å²) in [6, 6.07) is 4.98. The highest BCUT2D eigenvalue weighted by molar-refractivity contribution is 9.10. The summed E-state index contributed by atoms with van der Waals surface area (Å²) >= 11 is 3.25. The van der Waals surface area contributed by atoms with Crippen molar-refractivity contribution in [2.75, 3.05) is 19.9 Å². The average Bonchev–Trinajstić information content (AvgIpc) is 2.20. The molecule has 0 spiro atoms. The van der Waals surface area contributed by atoms with Crippen molar-refractivity contribution in [1.82, 2.24) is 5.06 Å². The van der Waals surface area contributed by atoms with E-state index in [0.29, 0.717) is 15.7 Å². The number of rotatable bonds is 2. The SMILES string of the molecule is CON(C)C(=O)c1ccc(N)c(Br)c1. The number of nitrogen functional groups attached to an aromatic ring is 1. The molecule has 0 aliphatic carbocycles. The maximum atomic E-state index is 11.6. The van der Waals surface area contributed by atoms with Gasteiger partial charge in [0.25, 0.3) is 5.91 Å². The number of hydroxylamine groups is 2. The maximum absolute atomic E-state index is 11.6. The fourth-order valence-corrected chi connectivity index (χ4v) is 1.30. The van der Waals surface area contributed by atoms with E-state index in [4.69, 9.17) is 10.6 Å². The minimum atomic E-state index is -0.215. The third-order valence-corrected chi connectivity index (χ3v) is 2.49. The molecule has 5 heteroatoms. The van der Waals surface area contributed by atoms with Gasteiger partial charge in [-0.3, -0.25) is 9.63 Å². The van der Waals surface area contributed by atoms with Gasteiger partial charge in [-0.2, -0.15) is 0 Å². The van der Waals surface area contributed by atoms with Crippen molar-refractivity contribution in [3.05, 3.63) is 28.2 Å². The Morgan fingerprint density at radius 1 is 1.57 bits per heavy atom. The molecule has 0 fully saturated rings. The van der Waals surface area contributed by atoms with Gasteiger partial charge < -0.3 is 5.73 Å². The predicted octanol–water partition coefficient (Wildman–Crippen LogP) is 1.66. The summed E-state index contributed by atoms with van der Waals surface area (Å²) in [6.45, 7) is 0. The minimum Gasteiger partial charge on any atom is -0.398 e. The highest BCUT2D eigenvalue weighted by atomic mass is 79.9. The normalized spacial score (nSPS) is 9.93. The Morgan fingerprint density at radius 2 is 2.21 bits per heavy atom. The van der Waals surface area contributed by atoms with Crippen LogP contribution >= 0.6 is 15.9 Å². The maximum Gasteiger partial charge on any atom is 0.277 e. The van der Waals surface area contributed by atoms with Crippen LogP contribution in [0.3, 0.4) is 0 Å². The van der Waals surface area contributed by atoms with Gasteiger partial charge >= 0.3 is 0 Å². The van der Waals surface area contributed by atoms with E-state index in [0.717, 1.165) is 5.06 Å². The zero-order valence-electron chi connectivity index (χ0n) is 7.95. The number of anilines is 1. The lowest BCUT2D eigenvalue weighted by atomic mass is 10.2. The van der Waals surface area contributed by atoms with Crippen molar-refractivity contribution in [3.8, 4) is 0 Å². The zero-order valence-corrected chi connectivity index (χ0v) is 9.54. The van der Waals surface area contributed by atoms with Crippen molar-refractivity contribution in [1.29, 1.82) is 0 Å². The molecule has 0 bridgehead atoms. The van der Waals surface area contributed by atoms with Gasteiger partial charge in [-0.1, -0.05) is 0 Å². The summed E-state index contributed by atoms with van der Waals surface area (Å²) in [6.07, 6.45) is 0. The molecule has 0 atom stereocenters. The summed E-state index contributed by atoms with van der Waals surface area (Å²) in [5, 5.41) is 1.15. The predicted molar refractivity (Wildman–Crippen MR) is 57.7 cm³/mol. The summed E-state index contributed by atoms with van der Waals surface area (Å²) < 4.78 is 0.702. The molecule has 4 nitrogen and oxygen atoms in total. The van der Waals surface area contributed by atoms with Crippen LogP contribution in [-0.4, -0.2) is 25.1 Å². The molecule has 0 aliphatic heterocycles. The molecular weight excluding hydrogens is 248 g/mol. The lowest BCUT2D eigenvalue weighted by Crippen LogP contribution is -2.25. The number of amides is 1. The molecule has 2 N–H and O–H groups in total. The van der Waals surface area contributed by atoms with E-state index in [9.17, 15) is 4.79 Å². The van der Waals surface area contributed by atoms with Crippen molar-refractivity contribution < 1.29 is 9.63 Å². The van der Waals surface area contributed by atoms with Crippen LogP contribution in [0.2, 0.25) is 0 Å². The number of hydrogen-bond donors (Lipinski definition) is 1. The Kier molecular flexibility index (Phi) is 3.49. The molecule has 0 radical (unpaired) electrons. The molecule has 0 heterocycles. The van der Waals surface area contributed by atoms with E-state index in [1.54, 1.807) is 25.2 Å². The van der Waals surface area contributed by atoms with Crippen LogP contribution in [0.1, 0.15) is 10.4 Å². The van der Waals surface area contributed by atoms with Gasteiger partial charge in [0.15, 0.2) is 0 Å². The first-order chi connectivity index (χ1) is 6.56. The Labute approximate surface area is 90.7 Å². The molecule has 1 rings (SSSR count). The van der Waals surface area contributed by atoms with Gasteiger partial charge in [0.05, 0.1) is 7.11 Å². The molecule has 0 aliphatic rings. The fraction of sp³-hybridized carbons (Fsp3) is 0.222. The largest absolute Gasteiger partial charge is 0.398 e. The monoisotopic (exact) mass is 258 g/mol. The van der Waals surface area contributed by atoms with Crippen LogP contribution < -0.4 is 5.73 Å². The van der Waals surface area contributed by atoms with E-state index in [1.807, 2.05) is 0 Å². The minimum absolute atomic E-state index is 0.215. The van der Waals surface area contributed by atoms with Gasteiger partial charge in [0, 0.05) is 22.8 Å². The van der Waals surface area contributed by atoms with Crippen molar-refractivity contribution in [3.63, 3.8) is 0 Å². The van der Waals surface area contributed by atoms with Gasteiger partial charge in [-0.05, 0) is 34.1 Å². The molecule has 1 aromatic carbocycles. The van der Waals surface area contributed by atoms with Crippen LogP contribution in [0.15, 0.2) is 22.7 Å². The summed E-state index contributed by atoms with van der Waals surface area (Å²) in [5.74, 6) is -0.215. The van der Waals surface area contributed by atoms with E-state index in [1.165, 1.54) is 7.11 Å². The van der Waals surface area contributed by atoms with Gasteiger partial charge in [0.2, 0.25) is 0 Å². The first-order valence-electron chi connectivity index (χ1n) is 3.93. The average molecular weight is 259 g/mol. The fourth-order valence-electron chi connectivity index (χ4n) is 0.925. The standard InChI is InChI=1S/C9H11BrN2O2/c1-12(14-2)9(13)6-3-4-8(11)7(10)5-6/h3-5H,11H2,1-2H3. The molecule has 1 amide bonds. The second kappa shape index (κ2) is 4.43. The second-order valence-electron chi connectivity index (χ2n) is 2.72. The Hall–Kier alpha value is -1.07. The molecule has 0 saturated heterocycles. The summed E-state index contributed by atoms with van der Waals surface area (Å²) in [7, 11) is 2.98. The van der Waals surface area contributed by atoms with Gasteiger partial charge in [-0.25, -0.2) is 5.06 Å². The third kappa shape index (κ3) is 2.24. The highest BCUT2D eigenvalue weighted by Gasteiger charge is 2.11. The number of carbonyl (C=O) groups is 1. The van der Waals surface area contributed by atoms with Crippen molar-refractivity contribution >= 4 is 27.5 Å². The summed E-state index contributed by atoms with van der Waals surface area (Å²) in [5.41, 5.74) is 6.72. The first-order valence-corrected chi connectivity index (χ1v) is 4.72. The molecule has 1 aromatic rings. The molecule has 0 saturated carbocycles. The van der Waals surface area contributed by atoms with E-state index >= 15 is 0 Å². The summed E-state index contributed by atoms with van der Waals surface area (Å²) in [4.78, 5) is 16.4. The second-order valence-corrected chi connectivity index (χ2v) is 3.58. The zero-order chi connectivity index (χ0) is 10.7. The number of nitrogens with zero attached hydrogens (tertiary/aromatic N) is 1. The topological polar surface area (TPSA) is 55.6 Å². The number of halogens is 1. The molecule has 0 aromatic heterocycles. The van der Waals surface area contributed by atoms with Gasteiger partial charge in [0.1, 0.15) is 0 Å². The van der Waals surface area contributed by atoms with Crippen LogP contribution in [-0.2, 0) is 4.84 Å². The molecule has 14 heavy (non-hydrogen) atoms. The van der Waals surface area contributed by atoms with Crippen molar-refractivity contribution in [2.24, 2.45) is 0 Å². The number of nitrogens with two attached hydrogens (primary N) is 1. The lowest BCUT2D eigenvalue weighted by molar-refractivity contribution is -0.0757. The molecular formula is C9H11BrN2O2. The Morgan fingerprint density at radius 3 is 2.71 bits per heavy atom. The number of carbonyl (C=O) groups excluding carboxylic acids is 1. The van der Waals surface area contributed by atoms with Crippen molar-refractivity contribution in [2.45, 2.75) is 0 Å². The number of hydrogen-bond acceptors (Lipinski definition) is 3. The Bertz CT molecular complexity index is 355. The molecule has 76 valence electrons. The third-order valence-electron chi connectivity index (χ3n) is 1.81. The van der Waals surface area contributed by atoms with E-state index in [-0.39, 0.29) is 5.91 Å². The lowest BCUT2D eigenvalue weighted by Gasteiger charge is -2.13. The van der Waals surface area contributed by atoms with E-state index in [2.05, 4.69) is 15.9 Å². The van der Waals surface area contributed by atoms with Crippen LogP contribution in [0.4, 0.5) is 5.69 Å². The highest BCUT2D eigenvalue weighted by Crippen LogP contribution is 2.20. The van der Waals surface area contributed by atoms with Crippen LogP contribution in [0.5, 0.6) is 0 Å². The smallest absolute Gasteiger partial charge is 0.277 e. The molecule has 0 unspecified atom stereocenters. The van der Waals surface area contributed by atoms with E-state index < -0.39 is 0 Å². The first kappa shape index (κ1) is 11.0. The van der Waals surface area contributed by atoms with Crippen LogP contribution in [0.25, 0.3) is 0 Å². The quantitative estimate of drug-likeness (QED) is 0.649. The van der Waals surface area contributed by atoms with Gasteiger partial charge in [-0.15, -0.1) is 0 Å². The van der Waals surface area contributed by atoms with Crippen LogP contribution in [0, 0.1) is 0 Å². The Balaban J connectivity index is 2.97. The number of benzene rings is 1.